The van der Waals surface area contributed by atoms with Crippen molar-refractivity contribution < 1.29 is 17.9 Å². The van der Waals surface area contributed by atoms with Crippen molar-refractivity contribution in [1.29, 1.82) is 0 Å². The summed E-state index contributed by atoms with van der Waals surface area (Å²) in [6, 6.07) is 19.4. The molecule has 1 fully saturated rings. The molecule has 2 heterocycles. The Bertz CT molecular complexity index is 1540. The van der Waals surface area contributed by atoms with Gasteiger partial charge in [0.2, 0.25) is 15.9 Å². The summed E-state index contributed by atoms with van der Waals surface area (Å²) < 4.78 is 35.0. The number of rotatable bonds is 6. The lowest BCUT2D eigenvalue weighted by Gasteiger charge is -2.28. The van der Waals surface area contributed by atoms with Crippen LogP contribution in [0.1, 0.15) is 12.0 Å². The number of carbonyl (C=O) groups is 1. The second-order valence-corrected chi connectivity index (χ2v) is 10.1. The summed E-state index contributed by atoms with van der Waals surface area (Å²) >= 11 is 0. The molecule has 9 heteroatoms. The molecule has 5 rings (SSSR count). The van der Waals surface area contributed by atoms with E-state index >= 15 is 0 Å². The molecule has 1 amide bonds. The standard InChI is InChI=1S/C25H24N4O4S/c1-33-19-7-5-16-6-8-20(14-18(16)13-19)34(31,32)29-25(11-12-27-24(25)30)15-17-3-2-4-22-21(17)9-10-23(26)28-22/h2-10,13-14,29H,11-12,15H2,1H3,(H2,26,28)(H,27,30)/t25-/m1/s1. The van der Waals surface area contributed by atoms with E-state index in [1.807, 2.05) is 36.4 Å². The number of fused-ring (bicyclic) bond motifs is 2. The van der Waals surface area contributed by atoms with E-state index in [1.165, 1.54) is 0 Å². The first-order valence-electron chi connectivity index (χ1n) is 10.8. The molecule has 34 heavy (non-hydrogen) atoms. The maximum absolute atomic E-state index is 13.5. The minimum absolute atomic E-state index is 0.0830. The summed E-state index contributed by atoms with van der Waals surface area (Å²) in [5.41, 5.74) is 6.00. The van der Waals surface area contributed by atoms with E-state index < -0.39 is 15.6 Å². The maximum atomic E-state index is 13.5. The van der Waals surface area contributed by atoms with Gasteiger partial charge >= 0.3 is 0 Å². The highest BCUT2D eigenvalue weighted by molar-refractivity contribution is 7.89. The summed E-state index contributed by atoms with van der Waals surface area (Å²) in [6.07, 6.45) is 0.508. The molecule has 8 nitrogen and oxygen atoms in total. The van der Waals surface area contributed by atoms with Gasteiger partial charge in [-0.3, -0.25) is 4.79 Å². The monoisotopic (exact) mass is 476 g/mol. The van der Waals surface area contributed by atoms with Crippen molar-refractivity contribution in [3.63, 3.8) is 0 Å². The Kier molecular flexibility index (Phi) is 5.38. The van der Waals surface area contributed by atoms with Crippen molar-refractivity contribution in [3.05, 3.63) is 72.3 Å². The van der Waals surface area contributed by atoms with E-state index in [9.17, 15) is 13.2 Å². The number of aromatic nitrogens is 1. The van der Waals surface area contributed by atoms with E-state index in [2.05, 4.69) is 15.0 Å². The maximum Gasteiger partial charge on any atom is 0.241 e. The van der Waals surface area contributed by atoms with Crippen LogP contribution in [0, 0.1) is 0 Å². The largest absolute Gasteiger partial charge is 0.497 e. The van der Waals surface area contributed by atoms with Crippen LogP contribution >= 0.6 is 0 Å². The molecule has 1 atom stereocenters. The van der Waals surface area contributed by atoms with Crippen LogP contribution in [0.4, 0.5) is 5.82 Å². The normalized spacial score (nSPS) is 18.3. The number of ether oxygens (including phenoxy) is 1. The number of nitrogens with one attached hydrogen (secondary N) is 2. The molecule has 3 aromatic carbocycles. The summed E-state index contributed by atoms with van der Waals surface area (Å²) in [6.45, 7) is 0.381. The number of hydrogen-bond acceptors (Lipinski definition) is 6. The first kappa shape index (κ1) is 22.1. The minimum Gasteiger partial charge on any atom is -0.497 e. The number of methoxy groups -OCH3 is 1. The number of nitrogens with zero attached hydrogens (tertiary/aromatic N) is 1. The Hall–Kier alpha value is -3.69. The van der Waals surface area contributed by atoms with Gasteiger partial charge in [0.1, 0.15) is 17.1 Å². The predicted molar refractivity (Wildman–Crippen MR) is 131 cm³/mol. The van der Waals surface area contributed by atoms with Crippen LogP contribution in [0.3, 0.4) is 0 Å². The Balaban J connectivity index is 1.54. The summed E-state index contributed by atoms with van der Waals surface area (Å²) in [4.78, 5) is 17.4. The summed E-state index contributed by atoms with van der Waals surface area (Å²) in [7, 11) is -2.45. The molecule has 0 saturated carbocycles. The molecule has 0 radical (unpaired) electrons. The predicted octanol–water partition coefficient (Wildman–Crippen LogP) is 2.76. The zero-order valence-electron chi connectivity index (χ0n) is 18.5. The molecule has 0 unspecified atom stereocenters. The van der Waals surface area contributed by atoms with Gasteiger partial charge < -0.3 is 15.8 Å². The van der Waals surface area contributed by atoms with Crippen molar-refractivity contribution >= 4 is 43.4 Å². The van der Waals surface area contributed by atoms with E-state index in [0.717, 1.165) is 21.7 Å². The number of amides is 1. The number of sulfonamides is 1. The van der Waals surface area contributed by atoms with Crippen molar-refractivity contribution in [3.8, 4) is 5.75 Å². The van der Waals surface area contributed by atoms with Crippen LogP contribution in [0.25, 0.3) is 21.7 Å². The fraction of sp³-hybridized carbons (Fsp3) is 0.200. The third kappa shape index (κ3) is 3.93. The van der Waals surface area contributed by atoms with Crippen LogP contribution in [0.15, 0.2) is 71.6 Å². The van der Waals surface area contributed by atoms with Crippen molar-refractivity contribution in [2.24, 2.45) is 0 Å². The van der Waals surface area contributed by atoms with Crippen LogP contribution in [-0.2, 0) is 21.2 Å². The molecular weight excluding hydrogens is 452 g/mol. The molecule has 0 bridgehead atoms. The van der Waals surface area contributed by atoms with E-state index in [4.69, 9.17) is 10.5 Å². The van der Waals surface area contributed by atoms with Gasteiger partial charge in [0, 0.05) is 18.4 Å². The van der Waals surface area contributed by atoms with E-state index in [0.29, 0.717) is 30.0 Å². The Labute approximate surface area is 197 Å². The molecule has 1 aliphatic rings. The SMILES string of the molecule is COc1ccc2ccc(S(=O)(=O)N[C@@]3(Cc4cccc5nc(N)ccc45)CCNC3=O)cc2c1. The Morgan fingerprint density at radius 2 is 1.91 bits per heavy atom. The number of nitrogen functional groups attached to an aromatic ring is 1. The number of pyridine rings is 1. The second kappa shape index (κ2) is 8.27. The zero-order chi connectivity index (χ0) is 23.9. The highest BCUT2D eigenvalue weighted by Crippen LogP contribution is 2.30. The average Bonchev–Trinajstić information content (AvgIpc) is 3.16. The van der Waals surface area contributed by atoms with E-state index in [1.54, 1.807) is 37.4 Å². The fourth-order valence-corrected chi connectivity index (χ4v) is 5.93. The average molecular weight is 477 g/mol. The number of anilines is 1. The lowest BCUT2D eigenvalue weighted by molar-refractivity contribution is -0.124. The second-order valence-electron chi connectivity index (χ2n) is 8.47. The van der Waals surface area contributed by atoms with Gasteiger partial charge in [0.25, 0.3) is 0 Å². The van der Waals surface area contributed by atoms with Gasteiger partial charge in [-0.15, -0.1) is 0 Å². The number of carbonyl (C=O) groups excluding carboxylic acids is 1. The number of nitrogens with two attached hydrogens (primary N) is 1. The van der Waals surface area contributed by atoms with Crippen LogP contribution < -0.4 is 20.5 Å². The topological polar surface area (TPSA) is 123 Å². The van der Waals surface area contributed by atoms with E-state index in [-0.39, 0.29) is 17.2 Å². The number of benzene rings is 3. The van der Waals surface area contributed by atoms with Crippen molar-refractivity contribution in [2.75, 3.05) is 19.4 Å². The Morgan fingerprint density at radius 3 is 2.68 bits per heavy atom. The highest BCUT2D eigenvalue weighted by Gasteiger charge is 2.46. The molecule has 174 valence electrons. The number of hydrogen-bond donors (Lipinski definition) is 3. The quantitative estimate of drug-likeness (QED) is 0.393. The van der Waals surface area contributed by atoms with Gasteiger partial charge in [-0.25, -0.2) is 13.4 Å². The molecule has 1 aliphatic heterocycles. The molecule has 1 aromatic heterocycles. The minimum atomic E-state index is -4.01. The summed E-state index contributed by atoms with van der Waals surface area (Å²) in [5, 5.41) is 5.23. The van der Waals surface area contributed by atoms with Gasteiger partial charge in [-0.05, 0) is 65.2 Å². The molecule has 4 aromatic rings. The van der Waals surface area contributed by atoms with Crippen molar-refractivity contribution in [2.45, 2.75) is 23.3 Å². The molecule has 0 spiro atoms. The molecule has 1 saturated heterocycles. The van der Waals surface area contributed by atoms with Gasteiger partial charge in [-0.2, -0.15) is 4.72 Å². The lowest BCUT2D eigenvalue weighted by Crippen LogP contribution is -2.55. The summed E-state index contributed by atoms with van der Waals surface area (Å²) in [5.74, 6) is 0.678. The van der Waals surface area contributed by atoms with Crippen LogP contribution in [-0.4, -0.2) is 38.5 Å². The van der Waals surface area contributed by atoms with Crippen LogP contribution in [0.5, 0.6) is 5.75 Å². The van der Waals surface area contributed by atoms with Gasteiger partial charge in [-0.1, -0.05) is 24.3 Å². The molecular formula is C25H24N4O4S. The third-order valence-corrected chi connectivity index (χ3v) is 7.80. The first-order chi connectivity index (χ1) is 16.3. The molecule has 4 N–H and O–H groups in total. The Morgan fingerprint density at radius 1 is 1.09 bits per heavy atom. The highest BCUT2D eigenvalue weighted by atomic mass is 32.2. The van der Waals surface area contributed by atoms with Crippen LogP contribution in [0.2, 0.25) is 0 Å². The smallest absolute Gasteiger partial charge is 0.241 e. The molecule has 0 aliphatic carbocycles. The van der Waals surface area contributed by atoms with Gasteiger partial charge in [0.15, 0.2) is 0 Å². The fourth-order valence-electron chi connectivity index (χ4n) is 4.50. The van der Waals surface area contributed by atoms with Gasteiger partial charge in [0.05, 0.1) is 17.5 Å². The first-order valence-corrected chi connectivity index (χ1v) is 12.3. The lowest BCUT2D eigenvalue weighted by atomic mass is 9.88. The van der Waals surface area contributed by atoms with Crippen molar-refractivity contribution in [1.82, 2.24) is 15.0 Å². The third-order valence-electron chi connectivity index (χ3n) is 6.27. The zero-order valence-corrected chi connectivity index (χ0v) is 19.4.